The maximum absolute atomic E-state index is 12.4. The Balaban J connectivity index is 1.48. The van der Waals surface area contributed by atoms with E-state index in [1.54, 1.807) is 6.21 Å². The second-order valence-corrected chi connectivity index (χ2v) is 15.0. The fourth-order valence-electron chi connectivity index (χ4n) is 3.79. The lowest BCUT2D eigenvalue weighted by Crippen LogP contribution is -2.41. The molecule has 0 fully saturated rings. The average molecular weight is 469 g/mol. The molecule has 0 unspecified atom stereocenters. The summed E-state index contributed by atoms with van der Waals surface area (Å²) in [5.41, 5.74) is 4.48. The SMILES string of the molecule is C[Si](C)(C)CCO/N=C/CC[C@H](NC(=O)OCC1c2ccccc2-c2ccccc21)C(=O)O. The van der Waals surface area contributed by atoms with Gasteiger partial charge >= 0.3 is 12.1 Å². The largest absolute Gasteiger partial charge is 0.480 e. The number of carboxylic acid groups (broad SMARTS) is 1. The molecule has 1 aliphatic rings. The second-order valence-electron chi connectivity index (χ2n) is 9.37. The minimum Gasteiger partial charge on any atom is -0.480 e. The predicted molar refractivity (Wildman–Crippen MR) is 131 cm³/mol. The maximum atomic E-state index is 12.4. The molecule has 1 amide bonds. The van der Waals surface area contributed by atoms with Crippen LogP contribution >= 0.6 is 0 Å². The number of nitrogens with zero attached hydrogens (tertiary/aromatic N) is 1. The molecule has 3 rings (SSSR count). The van der Waals surface area contributed by atoms with E-state index in [2.05, 4.69) is 42.2 Å². The highest BCUT2D eigenvalue weighted by Crippen LogP contribution is 2.44. The first-order chi connectivity index (χ1) is 15.8. The number of ether oxygens (including phenoxy) is 1. The topological polar surface area (TPSA) is 97.2 Å². The molecule has 7 nitrogen and oxygen atoms in total. The van der Waals surface area contributed by atoms with E-state index in [9.17, 15) is 14.7 Å². The predicted octanol–water partition coefficient (Wildman–Crippen LogP) is 5.10. The molecule has 8 heteroatoms. The van der Waals surface area contributed by atoms with Gasteiger partial charge in [0, 0.05) is 20.2 Å². The summed E-state index contributed by atoms with van der Waals surface area (Å²) in [5, 5.41) is 15.8. The minimum atomic E-state index is -1.17. The number of benzene rings is 2. The van der Waals surface area contributed by atoms with Crippen molar-refractivity contribution in [3.05, 3.63) is 59.7 Å². The van der Waals surface area contributed by atoms with E-state index >= 15 is 0 Å². The van der Waals surface area contributed by atoms with Crippen molar-refractivity contribution < 1.29 is 24.3 Å². The number of hydrogen-bond donors (Lipinski definition) is 2. The molecule has 1 aliphatic carbocycles. The van der Waals surface area contributed by atoms with Gasteiger partial charge in [0.05, 0.1) is 0 Å². The quantitative estimate of drug-likeness (QED) is 0.207. The van der Waals surface area contributed by atoms with Gasteiger partial charge in [-0.15, -0.1) is 0 Å². The van der Waals surface area contributed by atoms with Crippen LogP contribution in [0.5, 0.6) is 0 Å². The van der Waals surface area contributed by atoms with Crippen LogP contribution in [0.3, 0.4) is 0 Å². The Bertz CT molecular complexity index is 957. The summed E-state index contributed by atoms with van der Waals surface area (Å²) in [6, 6.07) is 16.0. The molecule has 0 aliphatic heterocycles. The Kier molecular flexibility index (Phi) is 8.27. The van der Waals surface area contributed by atoms with Crippen LogP contribution in [0.25, 0.3) is 11.1 Å². The van der Waals surface area contributed by atoms with E-state index in [-0.39, 0.29) is 18.9 Å². The molecule has 2 aromatic rings. The molecule has 0 spiro atoms. The molecule has 2 N–H and O–H groups in total. The van der Waals surface area contributed by atoms with E-state index in [1.807, 2.05) is 36.4 Å². The summed E-state index contributed by atoms with van der Waals surface area (Å²) in [4.78, 5) is 29.1. The van der Waals surface area contributed by atoms with Crippen LogP contribution in [0.2, 0.25) is 25.7 Å². The van der Waals surface area contributed by atoms with Crippen LogP contribution < -0.4 is 5.32 Å². The van der Waals surface area contributed by atoms with Crippen molar-refractivity contribution in [2.45, 2.75) is 50.5 Å². The summed E-state index contributed by atoms with van der Waals surface area (Å²) >= 11 is 0. The van der Waals surface area contributed by atoms with E-state index < -0.39 is 26.2 Å². The monoisotopic (exact) mass is 468 g/mol. The average Bonchev–Trinajstić information content (AvgIpc) is 3.09. The number of hydrogen-bond acceptors (Lipinski definition) is 5. The van der Waals surface area contributed by atoms with Gasteiger partial charge in [-0.3, -0.25) is 0 Å². The Morgan fingerprint density at radius 3 is 2.27 bits per heavy atom. The summed E-state index contributed by atoms with van der Waals surface area (Å²) in [7, 11) is -1.17. The number of carbonyl (C=O) groups is 2. The highest BCUT2D eigenvalue weighted by atomic mass is 28.3. The lowest BCUT2D eigenvalue weighted by Gasteiger charge is -2.17. The molecule has 0 saturated heterocycles. The maximum Gasteiger partial charge on any atom is 0.407 e. The normalized spacial score (nSPS) is 13.9. The molecule has 0 bridgehead atoms. The number of aliphatic carboxylic acids is 1. The molecular formula is C25H32N2O5Si. The van der Waals surface area contributed by atoms with Gasteiger partial charge in [0.2, 0.25) is 0 Å². The van der Waals surface area contributed by atoms with Gasteiger partial charge in [-0.05, 0) is 41.1 Å². The van der Waals surface area contributed by atoms with Gasteiger partial charge in [0.1, 0.15) is 19.3 Å². The van der Waals surface area contributed by atoms with Crippen molar-refractivity contribution in [2.24, 2.45) is 5.16 Å². The van der Waals surface area contributed by atoms with Crippen LogP contribution in [0.1, 0.15) is 29.9 Å². The van der Waals surface area contributed by atoms with Gasteiger partial charge in [0.25, 0.3) is 0 Å². The highest BCUT2D eigenvalue weighted by molar-refractivity contribution is 6.76. The minimum absolute atomic E-state index is 0.0770. The molecule has 33 heavy (non-hydrogen) atoms. The third-order valence-corrected chi connectivity index (χ3v) is 7.31. The number of nitrogens with one attached hydrogen (secondary N) is 1. The van der Waals surface area contributed by atoms with Gasteiger partial charge in [-0.1, -0.05) is 73.3 Å². The molecule has 176 valence electrons. The van der Waals surface area contributed by atoms with Crippen molar-refractivity contribution in [1.29, 1.82) is 0 Å². The Labute approximate surface area is 195 Å². The number of amides is 1. The number of carbonyl (C=O) groups excluding carboxylic acids is 1. The van der Waals surface area contributed by atoms with Crippen molar-refractivity contribution in [1.82, 2.24) is 5.32 Å². The highest BCUT2D eigenvalue weighted by Gasteiger charge is 2.29. The second kappa shape index (κ2) is 11.1. The zero-order chi connectivity index (χ0) is 23.8. The van der Waals surface area contributed by atoms with E-state index in [0.717, 1.165) is 28.3 Å². The molecule has 0 heterocycles. The van der Waals surface area contributed by atoms with E-state index in [0.29, 0.717) is 13.0 Å². The first-order valence-corrected chi connectivity index (χ1v) is 14.9. The van der Waals surface area contributed by atoms with Crippen molar-refractivity contribution >= 4 is 26.4 Å². The molecule has 0 saturated carbocycles. The summed E-state index contributed by atoms with van der Waals surface area (Å²) in [5.74, 6) is -1.19. The fourth-order valence-corrected chi connectivity index (χ4v) is 4.49. The van der Waals surface area contributed by atoms with Crippen LogP contribution in [0, 0.1) is 0 Å². The van der Waals surface area contributed by atoms with Crippen molar-refractivity contribution in [3.63, 3.8) is 0 Å². The number of alkyl carbamates (subject to hydrolysis) is 1. The van der Waals surface area contributed by atoms with Gasteiger partial charge in [0.15, 0.2) is 0 Å². The summed E-state index contributed by atoms with van der Waals surface area (Å²) in [6.45, 7) is 7.47. The van der Waals surface area contributed by atoms with Crippen LogP contribution in [-0.2, 0) is 14.4 Å². The van der Waals surface area contributed by atoms with Gasteiger partial charge < -0.3 is 20.0 Å². The third kappa shape index (κ3) is 6.92. The lowest BCUT2D eigenvalue weighted by molar-refractivity contribution is -0.139. The molecule has 1 atom stereocenters. The van der Waals surface area contributed by atoms with Crippen molar-refractivity contribution in [3.8, 4) is 11.1 Å². The van der Waals surface area contributed by atoms with Gasteiger partial charge in [-0.25, -0.2) is 9.59 Å². The van der Waals surface area contributed by atoms with Gasteiger partial charge in [-0.2, -0.15) is 0 Å². The molecule has 0 aromatic heterocycles. The fraction of sp³-hybridized carbons (Fsp3) is 0.400. The third-order valence-electron chi connectivity index (χ3n) is 5.61. The lowest BCUT2D eigenvalue weighted by atomic mass is 9.98. The zero-order valence-electron chi connectivity index (χ0n) is 19.4. The molecule has 0 radical (unpaired) electrons. The number of rotatable bonds is 11. The number of fused-ring (bicyclic) bond motifs is 3. The Morgan fingerprint density at radius 2 is 1.70 bits per heavy atom. The van der Waals surface area contributed by atoms with Crippen LogP contribution in [0.4, 0.5) is 4.79 Å². The standard InChI is InChI=1S/C25H32N2O5Si/c1-33(2,3)16-15-32-26-14-8-13-23(24(28)29)27-25(30)31-17-22-20-11-6-4-9-18(20)19-10-5-7-12-21(19)22/h4-7,9-12,14,22-23H,8,13,15-17H2,1-3H3,(H,27,30)(H,28,29)/b26-14+/t23-/m0/s1. The number of oxime groups is 1. The first kappa shape index (κ1) is 24.5. The Morgan fingerprint density at radius 1 is 1.09 bits per heavy atom. The van der Waals surface area contributed by atoms with Crippen LogP contribution in [-0.4, -0.2) is 50.7 Å². The molecule has 2 aromatic carbocycles. The first-order valence-electron chi connectivity index (χ1n) is 11.2. The van der Waals surface area contributed by atoms with Crippen LogP contribution in [0.15, 0.2) is 53.7 Å². The number of carboxylic acids is 1. The van der Waals surface area contributed by atoms with E-state index in [1.165, 1.54) is 0 Å². The molecular weight excluding hydrogens is 436 g/mol. The van der Waals surface area contributed by atoms with Crippen molar-refractivity contribution in [2.75, 3.05) is 13.2 Å². The Hall–Kier alpha value is -3.13. The summed E-state index contributed by atoms with van der Waals surface area (Å²) < 4.78 is 5.44. The smallest absolute Gasteiger partial charge is 0.407 e. The summed E-state index contributed by atoms with van der Waals surface area (Å²) in [6.07, 6.45) is 1.36. The zero-order valence-corrected chi connectivity index (χ0v) is 20.4. The van der Waals surface area contributed by atoms with E-state index in [4.69, 9.17) is 9.57 Å².